The second-order valence-electron chi connectivity index (χ2n) is 6.67. The Labute approximate surface area is 155 Å². The van der Waals surface area contributed by atoms with Gasteiger partial charge < -0.3 is 15.0 Å². The number of carbonyl (C=O) groups is 1. The molecule has 5 nitrogen and oxygen atoms in total. The number of hydrogen-bond donors (Lipinski definition) is 1. The summed E-state index contributed by atoms with van der Waals surface area (Å²) in [4.78, 5) is 17.1. The summed E-state index contributed by atoms with van der Waals surface area (Å²) in [7, 11) is 0. The molecule has 0 radical (unpaired) electrons. The van der Waals surface area contributed by atoms with Crippen molar-refractivity contribution < 1.29 is 9.53 Å². The van der Waals surface area contributed by atoms with Gasteiger partial charge in [-0.1, -0.05) is 36.8 Å². The molecule has 0 atom stereocenters. The number of amides is 1. The number of ether oxygens (including phenoxy) is 1. The molecular formula is C21H27N3O2. The van der Waals surface area contributed by atoms with Crippen LogP contribution in [0.25, 0.3) is 0 Å². The maximum Gasteiger partial charge on any atom is 0.238 e. The zero-order chi connectivity index (χ0) is 18.4. The summed E-state index contributed by atoms with van der Waals surface area (Å²) in [5, 5.41) is 3.00. The van der Waals surface area contributed by atoms with Gasteiger partial charge >= 0.3 is 0 Å². The lowest BCUT2D eigenvalue weighted by atomic mass is 10.2. The molecule has 138 valence electrons. The third-order valence-corrected chi connectivity index (χ3v) is 4.69. The predicted octanol–water partition coefficient (Wildman–Crippen LogP) is 3.36. The minimum absolute atomic E-state index is 0.00472. The second-order valence-corrected chi connectivity index (χ2v) is 6.67. The third kappa shape index (κ3) is 5.07. The molecule has 26 heavy (non-hydrogen) atoms. The SMILES string of the molecule is CCN1CCN(CC(=O)Nc2ccccc2Oc2ccc(C)cc2)CC1. The number of piperazine rings is 1. The Kier molecular flexibility index (Phi) is 6.26. The van der Waals surface area contributed by atoms with Gasteiger partial charge in [0.2, 0.25) is 5.91 Å². The van der Waals surface area contributed by atoms with E-state index >= 15 is 0 Å². The molecule has 1 saturated heterocycles. The van der Waals surface area contributed by atoms with Crippen LogP contribution >= 0.6 is 0 Å². The van der Waals surface area contributed by atoms with E-state index in [1.54, 1.807) is 0 Å². The maximum atomic E-state index is 12.5. The van der Waals surface area contributed by atoms with Crippen LogP contribution in [-0.2, 0) is 4.79 Å². The van der Waals surface area contributed by atoms with E-state index in [1.165, 1.54) is 5.56 Å². The van der Waals surface area contributed by atoms with Crippen LogP contribution in [0.15, 0.2) is 48.5 Å². The smallest absolute Gasteiger partial charge is 0.238 e. The minimum Gasteiger partial charge on any atom is -0.455 e. The highest BCUT2D eigenvalue weighted by Gasteiger charge is 2.18. The van der Waals surface area contributed by atoms with E-state index in [9.17, 15) is 4.79 Å². The molecule has 1 N–H and O–H groups in total. The van der Waals surface area contributed by atoms with Gasteiger partial charge in [-0.2, -0.15) is 0 Å². The highest BCUT2D eigenvalue weighted by Crippen LogP contribution is 2.29. The Morgan fingerprint density at radius 3 is 2.35 bits per heavy atom. The van der Waals surface area contributed by atoms with E-state index < -0.39 is 0 Å². The summed E-state index contributed by atoms with van der Waals surface area (Å²) >= 11 is 0. The number of benzene rings is 2. The van der Waals surface area contributed by atoms with Crippen molar-refractivity contribution in [2.24, 2.45) is 0 Å². The second kappa shape index (κ2) is 8.83. The van der Waals surface area contributed by atoms with Crippen molar-refractivity contribution in [3.05, 3.63) is 54.1 Å². The first kappa shape index (κ1) is 18.4. The molecule has 1 aliphatic heterocycles. The van der Waals surface area contributed by atoms with Crippen LogP contribution in [0.4, 0.5) is 5.69 Å². The fourth-order valence-corrected chi connectivity index (χ4v) is 3.05. The van der Waals surface area contributed by atoms with Gasteiger partial charge in [-0.25, -0.2) is 0 Å². The number of aryl methyl sites for hydroxylation is 1. The molecule has 0 spiro atoms. The number of likely N-dealkylation sites (N-methyl/N-ethyl adjacent to an activating group) is 1. The summed E-state index contributed by atoms with van der Waals surface area (Å²) in [6.45, 7) is 9.62. The van der Waals surface area contributed by atoms with Crippen LogP contribution in [0.5, 0.6) is 11.5 Å². The Morgan fingerprint density at radius 2 is 1.65 bits per heavy atom. The largest absolute Gasteiger partial charge is 0.455 e. The monoisotopic (exact) mass is 353 g/mol. The van der Waals surface area contributed by atoms with E-state index in [4.69, 9.17) is 4.74 Å². The molecular weight excluding hydrogens is 326 g/mol. The van der Waals surface area contributed by atoms with Crippen molar-refractivity contribution >= 4 is 11.6 Å². The zero-order valence-electron chi connectivity index (χ0n) is 15.6. The van der Waals surface area contributed by atoms with Gasteiger partial charge in [0.15, 0.2) is 5.75 Å². The highest BCUT2D eigenvalue weighted by molar-refractivity contribution is 5.93. The Hall–Kier alpha value is -2.37. The average molecular weight is 353 g/mol. The van der Waals surface area contributed by atoms with Gasteiger partial charge in [0.1, 0.15) is 5.75 Å². The molecule has 1 aliphatic rings. The Balaban J connectivity index is 1.59. The van der Waals surface area contributed by atoms with Gasteiger partial charge in [0.25, 0.3) is 0 Å². The van der Waals surface area contributed by atoms with Crippen LogP contribution in [0.2, 0.25) is 0 Å². The highest BCUT2D eigenvalue weighted by atomic mass is 16.5. The molecule has 5 heteroatoms. The fraction of sp³-hybridized carbons (Fsp3) is 0.381. The first-order chi connectivity index (χ1) is 12.6. The molecule has 1 heterocycles. The quantitative estimate of drug-likeness (QED) is 0.865. The zero-order valence-corrected chi connectivity index (χ0v) is 15.6. The van der Waals surface area contributed by atoms with Crippen molar-refractivity contribution in [1.29, 1.82) is 0 Å². The topological polar surface area (TPSA) is 44.8 Å². The number of nitrogens with zero attached hydrogens (tertiary/aromatic N) is 2. The average Bonchev–Trinajstić information content (AvgIpc) is 2.66. The number of rotatable bonds is 6. The number of para-hydroxylation sites is 2. The molecule has 1 fully saturated rings. The van der Waals surface area contributed by atoms with Gasteiger partial charge in [-0.3, -0.25) is 9.69 Å². The molecule has 3 rings (SSSR count). The summed E-state index contributed by atoms with van der Waals surface area (Å²) in [5.74, 6) is 1.41. The van der Waals surface area contributed by atoms with E-state index in [2.05, 4.69) is 22.0 Å². The van der Waals surface area contributed by atoms with E-state index in [-0.39, 0.29) is 5.91 Å². The molecule has 0 aromatic heterocycles. The van der Waals surface area contributed by atoms with Crippen molar-refractivity contribution in [1.82, 2.24) is 9.80 Å². The molecule has 1 amide bonds. The Bertz CT molecular complexity index is 722. The van der Waals surface area contributed by atoms with Crippen LogP contribution in [0, 0.1) is 6.92 Å². The lowest BCUT2D eigenvalue weighted by molar-refractivity contribution is -0.117. The van der Waals surface area contributed by atoms with E-state index in [0.29, 0.717) is 18.0 Å². The van der Waals surface area contributed by atoms with Crippen molar-refractivity contribution in [3.63, 3.8) is 0 Å². The Morgan fingerprint density at radius 1 is 1.00 bits per heavy atom. The number of nitrogens with one attached hydrogen (secondary N) is 1. The van der Waals surface area contributed by atoms with E-state index in [1.807, 2.05) is 55.5 Å². The molecule has 0 unspecified atom stereocenters. The fourth-order valence-electron chi connectivity index (χ4n) is 3.05. The maximum absolute atomic E-state index is 12.5. The third-order valence-electron chi connectivity index (χ3n) is 4.69. The van der Waals surface area contributed by atoms with Gasteiger partial charge in [0, 0.05) is 26.2 Å². The minimum atomic E-state index is -0.00472. The van der Waals surface area contributed by atoms with Crippen LogP contribution in [0.3, 0.4) is 0 Å². The van der Waals surface area contributed by atoms with Crippen LogP contribution in [0.1, 0.15) is 12.5 Å². The van der Waals surface area contributed by atoms with Crippen molar-refractivity contribution in [3.8, 4) is 11.5 Å². The van der Waals surface area contributed by atoms with Crippen molar-refractivity contribution in [2.45, 2.75) is 13.8 Å². The summed E-state index contributed by atoms with van der Waals surface area (Å²) in [6, 6.07) is 15.4. The molecule has 2 aromatic carbocycles. The number of anilines is 1. The van der Waals surface area contributed by atoms with E-state index in [0.717, 1.165) is 38.5 Å². The molecule has 2 aromatic rings. The summed E-state index contributed by atoms with van der Waals surface area (Å²) in [5.41, 5.74) is 1.88. The normalized spacial score (nSPS) is 15.6. The van der Waals surface area contributed by atoms with Crippen LogP contribution in [-0.4, -0.2) is 55.0 Å². The van der Waals surface area contributed by atoms with Crippen molar-refractivity contribution in [2.75, 3.05) is 44.6 Å². The van der Waals surface area contributed by atoms with Gasteiger partial charge in [0.05, 0.1) is 12.2 Å². The molecule has 0 aliphatic carbocycles. The summed E-state index contributed by atoms with van der Waals surface area (Å²) < 4.78 is 5.95. The first-order valence-corrected chi connectivity index (χ1v) is 9.22. The molecule has 0 saturated carbocycles. The lowest BCUT2D eigenvalue weighted by Crippen LogP contribution is -2.48. The number of carbonyl (C=O) groups excluding carboxylic acids is 1. The number of hydrogen-bond acceptors (Lipinski definition) is 4. The van der Waals surface area contributed by atoms with Gasteiger partial charge in [-0.15, -0.1) is 0 Å². The molecule has 0 bridgehead atoms. The standard InChI is InChI=1S/C21H27N3O2/c1-3-23-12-14-24(15-13-23)16-21(25)22-19-6-4-5-7-20(19)26-18-10-8-17(2)9-11-18/h4-11H,3,12-16H2,1-2H3,(H,22,25). The summed E-state index contributed by atoms with van der Waals surface area (Å²) in [6.07, 6.45) is 0. The van der Waals surface area contributed by atoms with Gasteiger partial charge in [-0.05, 0) is 37.7 Å². The van der Waals surface area contributed by atoms with Crippen LogP contribution < -0.4 is 10.1 Å². The predicted molar refractivity (Wildman–Crippen MR) is 105 cm³/mol. The first-order valence-electron chi connectivity index (χ1n) is 9.22. The lowest BCUT2D eigenvalue weighted by Gasteiger charge is -2.33.